The van der Waals surface area contributed by atoms with E-state index < -0.39 is 24.2 Å². The van der Waals surface area contributed by atoms with Crippen molar-refractivity contribution in [1.29, 1.82) is 0 Å². The standard InChI is InChI=1S/C12H25NO4/c1-9(2)6-7-12(17,8-10(14)15)11(16)13(3,4)5/h9,11,16-17H,6-8H2,1-5H3/p+1. The number of aliphatic hydroxyl groups excluding tert-OH is 1. The number of hydrogen-bond acceptors (Lipinski definition) is 3. The van der Waals surface area contributed by atoms with Crippen LogP contribution in [0.15, 0.2) is 0 Å². The Morgan fingerprint density at radius 3 is 2.06 bits per heavy atom. The van der Waals surface area contributed by atoms with Gasteiger partial charge in [0.25, 0.3) is 0 Å². The van der Waals surface area contributed by atoms with Crippen LogP contribution in [0.4, 0.5) is 0 Å². The minimum Gasteiger partial charge on any atom is -0.481 e. The summed E-state index contributed by atoms with van der Waals surface area (Å²) in [7, 11) is 5.19. The third kappa shape index (κ3) is 5.48. The van der Waals surface area contributed by atoms with E-state index in [2.05, 4.69) is 0 Å². The Morgan fingerprint density at radius 2 is 1.76 bits per heavy atom. The molecular formula is C12H26NO4+. The number of aliphatic carboxylic acids is 1. The molecule has 0 rings (SSSR count). The Balaban J connectivity index is 4.89. The molecule has 0 aliphatic rings. The van der Waals surface area contributed by atoms with Crippen LogP contribution < -0.4 is 0 Å². The summed E-state index contributed by atoms with van der Waals surface area (Å²) >= 11 is 0. The first-order chi connectivity index (χ1) is 7.49. The van der Waals surface area contributed by atoms with Crippen molar-refractivity contribution in [2.45, 2.75) is 44.9 Å². The third-order valence-electron chi connectivity index (χ3n) is 2.83. The molecule has 0 aromatic heterocycles. The van der Waals surface area contributed by atoms with Crippen LogP contribution in [0.2, 0.25) is 0 Å². The maximum absolute atomic E-state index is 10.8. The van der Waals surface area contributed by atoms with Gasteiger partial charge in [0.1, 0.15) is 0 Å². The number of quaternary nitrogens is 1. The number of hydrogen-bond donors (Lipinski definition) is 3. The Kier molecular flexibility index (Phi) is 5.58. The predicted molar refractivity (Wildman–Crippen MR) is 65.3 cm³/mol. The topological polar surface area (TPSA) is 77.8 Å². The van der Waals surface area contributed by atoms with E-state index in [0.29, 0.717) is 12.3 Å². The van der Waals surface area contributed by atoms with E-state index in [1.54, 1.807) is 21.1 Å². The molecule has 2 unspecified atom stereocenters. The number of aliphatic hydroxyl groups is 2. The molecule has 5 heteroatoms. The molecule has 0 amide bonds. The molecule has 0 fully saturated rings. The van der Waals surface area contributed by atoms with Crippen LogP contribution in [0.25, 0.3) is 0 Å². The first kappa shape index (κ1) is 16.4. The third-order valence-corrected chi connectivity index (χ3v) is 2.83. The van der Waals surface area contributed by atoms with Crippen LogP contribution in [0.1, 0.15) is 33.1 Å². The van der Waals surface area contributed by atoms with E-state index in [1.165, 1.54) is 0 Å². The van der Waals surface area contributed by atoms with Crippen molar-refractivity contribution in [2.24, 2.45) is 5.92 Å². The normalized spacial score (nSPS) is 17.9. The quantitative estimate of drug-likeness (QED) is 0.457. The Bertz CT molecular complexity index is 260. The molecule has 0 saturated carbocycles. The SMILES string of the molecule is CC(C)CCC(O)(CC(=O)O)C(O)[N+](C)(C)C. The van der Waals surface area contributed by atoms with Gasteiger partial charge in [0.05, 0.1) is 27.6 Å². The molecule has 2 atom stereocenters. The van der Waals surface area contributed by atoms with E-state index in [0.717, 1.165) is 0 Å². The number of likely N-dealkylation sites (N-methyl/N-ethyl adjacent to an activating group) is 1. The number of carboxylic acids is 1. The molecule has 3 N–H and O–H groups in total. The molecule has 5 nitrogen and oxygen atoms in total. The molecule has 17 heavy (non-hydrogen) atoms. The molecule has 102 valence electrons. The second-order valence-electron chi connectivity index (χ2n) is 6.10. The van der Waals surface area contributed by atoms with Crippen molar-refractivity contribution >= 4 is 5.97 Å². The van der Waals surface area contributed by atoms with Crippen molar-refractivity contribution < 1.29 is 24.6 Å². The Labute approximate surface area is 103 Å². The highest BCUT2D eigenvalue weighted by atomic mass is 16.4. The largest absolute Gasteiger partial charge is 0.481 e. The minimum absolute atomic E-state index is 0.113. The first-order valence-electron chi connectivity index (χ1n) is 5.92. The smallest absolute Gasteiger partial charge is 0.306 e. The van der Waals surface area contributed by atoms with Crippen molar-refractivity contribution in [1.82, 2.24) is 0 Å². The number of nitrogens with zero attached hydrogens (tertiary/aromatic N) is 1. The van der Waals surface area contributed by atoms with Crippen LogP contribution in [-0.4, -0.2) is 58.7 Å². The van der Waals surface area contributed by atoms with Gasteiger partial charge in [-0.05, 0) is 18.8 Å². The molecule has 0 heterocycles. The number of carbonyl (C=O) groups is 1. The average molecular weight is 248 g/mol. The summed E-state index contributed by atoms with van der Waals surface area (Å²) in [6.07, 6.45) is -0.581. The van der Waals surface area contributed by atoms with Crippen LogP contribution in [0, 0.1) is 5.92 Å². The first-order valence-corrected chi connectivity index (χ1v) is 5.92. The summed E-state index contributed by atoms with van der Waals surface area (Å²) in [4.78, 5) is 10.8. The van der Waals surface area contributed by atoms with Crippen molar-refractivity contribution in [2.75, 3.05) is 21.1 Å². The second kappa shape index (κ2) is 5.80. The van der Waals surface area contributed by atoms with Gasteiger partial charge in [-0.3, -0.25) is 4.79 Å². The van der Waals surface area contributed by atoms with Gasteiger partial charge in [-0.2, -0.15) is 0 Å². The lowest BCUT2D eigenvalue weighted by atomic mass is 9.88. The molecule has 0 aromatic carbocycles. The Morgan fingerprint density at radius 1 is 1.29 bits per heavy atom. The highest BCUT2D eigenvalue weighted by molar-refractivity contribution is 5.68. The van der Waals surface area contributed by atoms with Crippen LogP contribution in [-0.2, 0) is 4.79 Å². The molecular weight excluding hydrogens is 222 g/mol. The Hall–Kier alpha value is -0.650. The summed E-state index contributed by atoms with van der Waals surface area (Å²) in [5.74, 6) is -0.737. The summed E-state index contributed by atoms with van der Waals surface area (Å²) in [5.41, 5.74) is -1.58. The fourth-order valence-corrected chi connectivity index (χ4v) is 1.83. The molecule has 0 radical (unpaired) electrons. The highest BCUT2D eigenvalue weighted by Crippen LogP contribution is 2.27. The van der Waals surface area contributed by atoms with Crippen molar-refractivity contribution in [3.63, 3.8) is 0 Å². The monoisotopic (exact) mass is 248 g/mol. The lowest BCUT2D eigenvalue weighted by Crippen LogP contribution is -2.59. The van der Waals surface area contributed by atoms with Gasteiger partial charge in [0, 0.05) is 0 Å². The summed E-state index contributed by atoms with van der Waals surface area (Å²) < 4.78 is 0.113. The van der Waals surface area contributed by atoms with Gasteiger partial charge >= 0.3 is 5.97 Å². The predicted octanol–water partition coefficient (Wildman–Crippen LogP) is 0.653. The average Bonchev–Trinajstić information content (AvgIpc) is 2.11. The zero-order valence-electron chi connectivity index (χ0n) is 11.5. The molecule has 0 aliphatic carbocycles. The number of rotatable bonds is 7. The molecule has 0 saturated heterocycles. The number of carboxylic acid groups (broad SMARTS) is 1. The maximum Gasteiger partial charge on any atom is 0.306 e. The van der Waals surface area contributed by atoms with Gasteiger partial charge in [0.15, 0.2) is 5.60 Å². The van der Waals surface area contributed by atoms with Crippen molar-refractivity contribution in [3.8, 4) is 0 Å². The van der Waals surface area contributed by atoms with Crippen molar-refractivity contribution in [3.05, 3.63) is 0 Å². The van der Waals surface area contributed by atoms with E-state index in [-0.39, 0.29) is 10.9 Å². The van der Waals surface area contributed by atoms with Crippen LogP contribution in [0.5, 0.6) is 0 Å². The van der Waals surface area contributed by atoms with E-state index in [4.69, 9.17) is 5.11 Å². The maximum atomic E-state index is 10.8. The lowest BCUT2D eigenvalue weighted by molar-refractivity contribution is -0.927. The highest BCUT2D eigenvalue weighted by Gasteiger charge is 2.45. The van der Waals surface area contributed by atoms with Crippen LogP contribution >= 0.6 is 0 Å². The zero-order valence-corrected chi connectivity index (χ0v) is 11.5. The minimum atomic E-state index is -1.58. The second-order valence-corrected chi connectivity index (χ2v) is 6.10. The van der Waals surface area contributed by atoms with Gasteiger partial charge in [-0.15, -0.1) is 0 Å². The van der Waals surface area contributed by atoms with Crippen LogP contribution in [0.3, 0.4) is 0 Å². The molecule has 0 aliphatic heterocycles. The zero-order chi connectivity index (χ0) is 13.9. The summed E-state index contributed by atoms with van der Waals surface area (Å²) in [6, 6.07) is 0. The van der Waals surface area contributed by atoms with Gasteiger partial charge < -0.3 is 19.8 Å². The van der Waals surface area contributed by atoms with Gasteiger partial charge in [-0.1, -0.05) is 13.8 Å². The van der Waals surface area contributed by atoms with E-state index >= 15 is 0 Å². The summed E-state index contributed by atoms with van der Waals surface area (Å²) in [5, 5.41) is 29.4. The molecule has 0 spiro atoms. The molecule has 0 aromatic rings. The van der Waals surface area contributed by atoms with E-state index in [9.17, 15) is 15.0 Å². The van der Waals surface area contributed by atoms with E-state index in [1.807, 2.05) is 13.8 Å². The lowest BCUT2D eigenvalue weighted by Gasteiger charge is -2.40. The van der Waals surface area contributed by atoms with Gasteiger partial charge in [0.2, 0.25) is 6.23 Å². The van der Waals surface area contributed by atoms with Gasteiger partial charge in [-0.25, -0.2) is 0 Å². The summed E-state index contributed by atoms with van der Waals surface area (Å²) in [6.45, 7) is 4.00. The molecule has 0 bridgehead atoms. The fourth-order valence-electron chi connectivity index (χ4n) is 1.83. The fraction of sp³-hybridized carbons (Fsp3) is 0.917.